The van der Waals surface area contributed by atoms with Crippen LogP contribution in [0.4, 0.5) is 5.69 Å². The molecule has 1 saturated carbocycles. The maximum atomic E-state index is 14.7. The minimum Gasteiger partial charge on any atom is -0.352 e. The molecule has 2 amide bonds. The quantitative estimate of drug-likeness (QED) is 0.158. The summed E-state index contributed by atoms with van der Waals surface area (Å²) in [5.74, 6) is -1.02. The van der Waals surface area contributed by atoms with Crippen LogP contribution in [0.3, 0.4) is 0 Å². The van der Waals surface area contributed by atoms with E-state index >= 15 is 0 Å². The Bertz CT molecular complexity index is 1850. The predicted octanol–water partition coefficient (Wildman–Crippen LogP) is 8.50. The molecule has 48 heavy (non-hydrogen) atoms. The molecule has 12 heteroatoms. The summed E-state index contributed by atoms with van der Waals surface area (Å²) in [7, 11) is -4.36. The van der Waals surface area contributed by atoms with Crippen LogP contribution in [0, 0.1) is 6.92 Å². The highest BCUT2D eigenvalue weighted by Crippen LogP contribution is 2.34. The lowest BCUT2D eigenvalue weighted by molar-refractivity contribution is -0.140. The lowest BCUT2D eigenvalue weighted by Gasteiger charge is -2.35. The average molecular weight is 748 g/mol. The molecule has 1 atom stereocenters. The summed E-state index contributed by atoms with van der Waals surface area (Å²) in [5.41, 5.74) is 2.12. The fraction of sp³-hybridized carbons (Fsp3) is 0.278. The third-order valence-corrected chi connectivity index (χ3v) is 11.5. The minimum atomic E-state index is -4.36. The molecule has 0 bridgehead atoms. The molecule has 7 nitrogen and oxygen atoms in total. The highest BCUT2D eigenvalue weighted by Gasteiger charge is 2.36. The fourth-order valence-electron chi connectivity index (χ4n) is 5.80. The number of amides is 2. The van der Waals surface area contributed by atoms with Crippen LogP contribution >= 0.6 is 46.4 Å². The number of nitrogens with zero attached hydrogens (tertiary/aromatic N) is 2. The van der Waals surface area contributed by atoms with Crippen molar-refractivity contribution in [1.29, 1.82) is 0 Å². The number of nitrogens with one attached hydrogen (secondary N) is 1. The summed E-state index contributed by atoms with van der Waals surface area (Å²) in [4.78, 5) is 30.2. The normalized spacial score (nSPS) is 14.0. The van der Waals surface area contributed by atoms with Crippen LogP contribution in [0.2, 0.25) is 20.1 Å². The second kappa shape index (κ2) is 16.0. The largest absolute Gasteiger partial charge is 0.352 e. The summed E-state index contributed by atoms with van der Waals surface area (Å²) < 4.78 is 29.5. The number of aryl methyl sites for hydroxylation is 1. The first kappa shape index (κ1) is 36.0. The number of hydrogen-bond donors (Lipinski definition) is 1. The van der Waals surface area contributed by atoms with Crippen LogP contribution in [0.5, 0.6) is 0 Å². The molecule has 4 aromatic rings. The van der Waals surface area contributed by atoms with E-state index in [-0.39, 0.29) is 45.5 Å². The van der Waals surface area contributed by atoms with Gasteiger partial charge in [-0.15, -0.1) is 0 Å². The Morgan fingerprint density at radius 3 is 2.12 bits per heavy atom. The number of benzene rings is 4. The molecule has 252 valence electrons. The van der Waals surface area contributed by atoms with Crippen molar-refractivity contribution in [2.75, 3.05) is 10.8 Å². The first-order chi connectivity index (χ1) is 22.9. The highest BCUT2D eigenvalue weighted by atomic mass is 35.5. The van der Waals surface area contributed by atoms with E-state index in [1.807, 2.05) is 37.3 Å². The van der Waals surface area contributed by atoms with Gasteiger partial charge in [-0.25, -0.2) is 8.42 Å². The smallest absolute Gasteiger partial charge is 0.264 e. The molecule has 1 fully saturated rings. The molecule has 0 spiro atoms. The van der Waals surface area contributed by atoms with Crippen LogP contribution in [-0.4, -0.2) is 43.8 Å². The molecule has 0 heterocycles. The molecule has 1 aliphatic rings. The predicted molar refractivity (Wildman–Crippen MR) is 194 cm³/mol. The van der Waals surface area contributed by atoms with Gasteiger partial charge in [-0.3, -0.25) is 13.9 Å². The van der Waals surface area contributed by atoms with Gasteiger partial charge in [0, 0.05) is 39.6 Å². The van der Waals surface area contributed by atoms with Crippen molar-refractivity contribution in [2.24, 2.45) is 0 Å². The second-order valence-electron chi connectivity index (χ2n) is 11.8. The molecule has 0 aromatic heterocycles. The second-order valence-corrected chi connectivity index (χ2v) is 15.4. The van der Waals surface area contributed by atoms with E-state index in [4.69, 9.17) is 46.4 Å². The van der Waals surface area contributed by atoms with Crippen molar-refractivity contribution < 1.29 is 18.0 Å². The van der Waals surface area contributed by atoms with Crippen LogP contribution in [0.1, 0.15) is 42.4 Å². The van der Waals surface area contributed by atoms with Crippen LogP contribution in [0.25, 0.3) is 0 Å². The van der Waals surface area contributed by atoms with Crippen molar-refractivity contribution in [3.63, 3.8) is 0 Å². The Kier molecular flexibility index (Phi) is 12.0. The molecule has 1 N–H and O–H groups in total. The molecular formula is C36H35Cl4N3O4S. The summed E-state index contributed by atoms with van der Waals surface area (Å²) >= 11 is 26.1. The van der Waals surface area contributed by atoms with Gasteiger partial charge in [0.05, 0.1) is 15.6 Å². The molecule has 1 aliphatic carbocycles. The lowest BCUT2D eigenvalue weighted by atomic mass is 10.0. The van der Waals surface area contributed by atoms with Crippen LogP contribution in [-0.2, 0) is 32.6 Å². The van der Waals surface area contributed by atoms with Crippen molar-refractivity contribution in [3.05, 3.63) is 128 Å². The summed E-state index contributed by atoms with van der Waals surface area (Å²) in [6.07, 6.45) is 3.83. The molecule has 0 aliphatic heterocycles. The number of hydrogen-bond acceptors (Lipinski definition) is 4. The lowest BCUT2D eigenvalue weighted by Crippen LogP contribution is -2.54. The molecule has 0 radical (unpaired) electrons. The fourth-order valence-corrected chi connectivity index (χ4v) is 8.18. The maximum Gasteiger partial charge on any atom is 0.264 e. The molecule has 4 aromatic carbocycles. The van der Waals surface area contributed by atoms with Crippen molar-refractivity contribution in [3.8, 4) is 0 Å². The van der Waals surface area contributed by atoms with Gasteiger partial charge in [0.1, 0.15) is 12.6 Å². The van der Waals surface area contributed by atoms with Gasteiger partial charge in [0.2, 0.25) is 11.8 Å². The summed E-state index contributed by atoms with van der Waals surface area (Å²) in [6.45, 7) is 0.988. The minimum absolute atomic E-state index is 0.0174. The third-order valence-electron chi connectivity index (χ3n) is 8.43. The standard InChI is InChI=1S/C36H35Cl4N3O4S/c1-24-14-17-28(18-15-24)48(46,47)43(33-21-26(37)16-19-32(33)40)23-35(44)42(22-29-30(38)12-7-13-31(29)39)34(20-25-8-3-2-4-9-25)36(45)41-27-10-5-6-11-27/h2-4,7-9,12-19,21,27,34H,5-6,10-11,20,22-23H2,1H3,(H,41,45)/t34-/m0/s1. The number of carbonyl (C=O) groups is 2. The number of rotatable bonds is 12. The van der Waals surface area contributed by atoms with E-state index < -0.39 is 28.5 Å². The molecular weight excluding hydrogens is 712 g/mol. The average Bonchev–Trinajstić information content (AvgIpc) is 3.57. The Morgan fingerprint density at radius 2 is 1.48 bits per heavy atom. The third kappa shape index (κ3) is 8.65. The Labute approximate surface area is 301 Å². The van der Waals surface area contributed by atoms with E-state index in [9.17, 15) is 18.0 Å². The number of sulfonamides is 1. The van der Waals surface area contributed by atoms with Crippen LogP contribution in [0.15, 0.2) is 95.9 Å². The summed E-state index contributed by atoms with van der Waals surface area (Å²) in [6, 6.07) is 23.9. The van der Waals surface area contributed by atoms with E-state index in [1.54, 1.807) is 30.3 Å². The van der Waals surface area contributed by atoms with E-state index in [1.165, 1.54) is 35.2 Å². The Hall–Kier alpha value is -3.27. The SMILES string of the molecule is Cc1ccc(S(=O)(=O)N(CC(=O)N(Cc2c(Cl)cccc2Cl)[C@@H](Cc2ccccc2)C(=O)NC2CCCC2)c2cc(Cl)ccc2Cl)cc1. The van der Waals surface area contributed by atoms with Gasteiger partial charge in [-0.2, -0.15) is 0 Å². The van der Waals surface area contributed by atoms with Gasteiger partial charge in [0.15, 0.2) is 0 Å². The first-order valence-electron chi connectivity index (χ1n) is 15.5. The summed E-state index contributed by atoms with van der Waals surface area (Å²) in [5, 5.41) is 4.05. The molecule has 0 unspecified atom stereocenters. The monoisotopic (exact) mass is 745 g/mol. The highest BCUT2D eigenvalue weighted by molar-refractivity contribution is 7.92. The first-order valence-corrected chi connectivity index (χ1v) is 18.5. The van der Waals surface area contributed by atoms with Crippen molar-refractivity contribution >= 4 is 73.9 Å². The molecule has 0 saturated heterocycles. The number of carbonyl (C=O) groups excluding carboxylic acids is 2. The van der Waals surface area contributed by atoms with Gasteiger partial charge in [0.25, 0.3) is 10.0 Å². The van der Waals surface area contributed by atoms with E-state index in [0.29, 0.717) is 15.6 Å². The van der Waals surface area contributed by atoms with Crippen LogP contribution < -0.4 is 9.62 Å². The maximum absolute atomic E-state index is 14.7. The van der Waals surface area contributed by atoms with E-state index in [2.05, 4.69) is 5.32 Å². The van der Waals surface area contributed by atoms with Crippen molar-refractivity contribution in [1.82, 2.24) is 10.2 Å². The zero-order chi connectivity index (χ0) is 34.4. The Balaban J connectivity index is 1.62. The van der Waals surface area contributed by atoms with E-state index in [0.717, 1.165) is 41.1 Å². The number of anilines is 1. The number of halogens is 4. The van der Waals surface area contributed by atoms with Crippen molar-refractivity contribution in [2.45, 2.75) is 62.6 Å². The topological polar surface area (TPSA) is 86.8 Å². The Morgan fingerprint density at radius 1 is 0.833 bits per heavy atom. The van der Waals surface area contributed by atoms with Gasteiger partial charge in [-0.05, 0) is 67.8 Å². The van der Waals surface area contributed by atoms with Gasteiger partial charge in [-0.1, -0.05) is 113 Å². The van der Waals surface area contributed by atoms with Gasteiger partial charge >= 0.3 is 0 Å². The van der Waals surface area contributed by atoms with Gasteiger partial charge < -0.3 is 10.2 Å². The zero-order valence-corrected chi connectivity index (χ0v) is 30.1. The molecule has 5 rings (SSSR count). The zero-order valence-electron chi connectivity index (χ0n) is 26.2.